The quantitative estimate of drug-likeness (QED) is 0.887. The summed E-state index contributed by atoms with van der Waals surface area (Å²) < 4.78 is 0. The molecule has 1 atom stereocenters. The van der Waals surface area contributed by atoms with Crippen molar-refractivity contribution in [2.24, 2.45) is 10.9 Å². The number of anilines is 1. The molecule has 0 radical (unpaired) electrons. The Balaban J connectivity index is 1.65. The molecule has 1 unspecified atom stereocenters. The summed E-state index contributed by atoms with van der Waals surface area (Å²) in [6, 6.07) is 8.59. The molecule has 3 rings (SSSR count). The van der Waals surface area contributed by atoms with E-state index in [4.69, 9.17) is 0 Å². The summed E-state index contributed by atoms with van der Waals surface area (Å²) in [7, 11) is 0. The van der Waals surface area contributed by atoms with Crippen LogP contribution in [-0.2, 0) is 6.42 Å². The van der Waals surface area contributed by atoms with Crippen molar-refractivity contribution < 1.29 is 0 Å². The largest absolute Gasteiger partial charge is 0.335 e. The summed E-state index contributed by atoms with van der Waals surface area (Å²) in [5.74, 6) is 0.934. The van der Waals surface area contributed by atoms with Gasteiger partial charge in [0, 0.05) is 10.9 Å². The Morgan fingerprint density at radius 1 is 1.33 bits per heavy atom. The smallest absolute Gasteiger partial charge is 0.161 e. The fraction of sp³-hybridized carbons (Fsp3) is 0.533. The third-order valence-electron chi connectivity index (χ3n) is 3.60. The molecule has 1 aliphatic heterocycles. The second kappa shape index (κ2) is 5.35. The number of benzene rings is 1. The van der Waals surface area contributed by atoms with E-state index in [0.717, 1.165) is 29.3 Å². The van der Waals surface area contributed by atoms with Crippen molar-refractivity contribution in [1.82, 2.24) is 0 Å². The van der Waals surface area contributed by atoms with Crippen LogP contribution in [0.3, 0.4) is 0 Å². The fourth-order valence-electron chi connectivity index (χ4n) is 2.42. The van der Waals surface area contributed by atoms with E-state index in [1.165, 1.54) is 30.5 Å². The van der Waals surface area contributed by atoms with Gasteiger partial charge in [0.05, 0.1) is 6.54 Å². The predicted octanol–water partition coefficient (Wildman–Crippen LogP) is 3.93. The van der Waals surface area contributed by atoms with E-state index in [1.807, 2.05) is 11.8 Å². The molecular weight excluding hydrogens is 240 g/mol. The van der Waals surface area contributed by atoms with Crippen molar-refractivity contribution in [2.45, 2.75) is 37.9 Å². The highest BCUT2D eigenvalue weighted by Gasteiger charge is 2.35. The average Bonchev–Trinajstić information content (AvgIpc) is 3.13. The minimum absolute atomic E-state index is 0.742. The summed E-state index contributed by atoms with van der Waals surface area (Å²) in [6.07, 6.45) is 5.13. The maximum Gasteiger partial charge on any atom is 0.161 e. The minimum Gasteiger partial charge on any atom is -0.335 e. The number of thioether (sulfide) groups is 1. The topological polar surface area (TPSA) is 24.4 Å². The maximum absolute atomic E-state index is 4.64. The molecule has 0 aromatic heterocycles. The zero-order valence-electron chi connectivity index (χ0n) is 10.9. The lowest BCUT2D eigenvalue weighted by Crippen LogP contribution is -2.10. The SMILES string of the molecule is CCCc1ccccc1NC1=NCC(C2CC2)S1. The second-order valence-electron chi connectivity index (χ2n) is 5.17. The molecule has 1 aliphatic carbocycles. The molecule has 1 saturated carbocycles. The first-order chi connectivity index (χ1) is 8.86. The molecule has 2 nitrogen and oxygen atoms in total. The van der Waals surface area contributed by atoms with E-state index in [-0.39, 0.29) is 0 Å². The van der Waals surface area contributed by atoms with Crippen LogP contribution in [0.4, 0.5) is 5.69 Å². The number of hydrogen-bond donors (Lipinski definition) is 1. The number of rotatable bonds is 4. The summed E-state index contributed by atoms with van der Waals surface area (Å²) in [4.78, 5) is 4.64. The van der Waals surface area contributed by atoms with E-state index in [2.05, 4.69) is 41.5 Å². The highest BCUT2D eigenvalue weighted by Crippen LogP contribution is 2.42. The Morgan fingerprint density at radius 3 is 2.94 bits per heavy atom. The Labute approximate surface area is 113 Å². The summed E-state index contributed by atoms with van der Waals surface area (Å²) in [5.41, 5.74) is 2.64. The van der Waals surface area contributed by atoms with Crippen LogP contribution in [-0.4, -0.2) is 17.0 Å². The third kappa shape index (κ3) is 2.72. The van der Waals surface area contributed by atoms with Crippen molar-refractivity contribution in [3.63, 3.8) is 0 Å². The van der Waals surface area contributed by atoms with Crippen LogP contribution in [0.15, 0.2) is 29.3 Å². The third-order valence-corrected chi connectivity index (χ3v) is 4.90. The van der Waals surface area contributed by atoms with Crippen LogP contribution in [0.5, 0.6) is 0 Å². The number of nitrogens with one attached hydrogen (secondary N) is 1. The van der Waals surface area contributed by atoms with Crippen LogP contribution in [0.25, 0.3) is 0 Å². The molecule has 96 valence electrons. The van der Waals surface area contributed by atoms with Gasteiger partial charge in [0.1, 0.15) is 0 Å². The van der Waals surface area contributed by atoms with Gasteiger partial charge in [-0.15, -0.1) is 0 Å². The lowest BCUT2D eigenvalue weighted by atomic mass is 10.1. The van der Waals surface area contributed by atoms with Gasteiger partial charge in [-0.2, -0.15) is 0 Å². The van der Waals surface area contributed by atoms with Crippen LogP contribution in [0.2, 0.25) is 0 Å². The molecule has 1 heterocycles. The van der Waals surface area contributed by atoms with Crippen molar-refractivity contribution in [1.29, 1.82) is 0 Å². The maximum atomic E-state index is 4.64. The van der Waals surface area contributed by atoms with Crippen LogP contribution in [0.1, 0.15) is 31.7 Å². The Morgan fingerprint density at radius 2 is 2.17 bits per heavy atom. The Kier molecular flexibility index (Phi) is 3.59. The van der Waals surface area contributed by atoms with E-state index >= 15 is 0 Å². The Bertz CT molecular complexity index is 452. The lowest BCUT2D eigenvalue weighted by Gasteiger charge is -2.11. The van der Waals surface area contributed by atoms with Crippen LogP contribution < -0.4 is 5.32 Å². The van der Waals surface area contributed by atoms with Crippen molar-refractivity contribution in [2.75, 3.05) is 11.9 Å². The number of para-hydroxylation sites is 1. The van der Waals surface area contributed by atoms with Crippen molar-refractivity contribution >= 4 is 22.6 Å². The molecule has 0 bridgehead atoms. The highest BCUT2D eigenvalue weighted by molar-refractivity contribution is 8.15. The van der Waals surface area contributed by atoms with Gasteiger partial charge >= 0.3 is 0 Å². The van der Waals surface area contributed by atoms with Gasteiger partial charge in [0.25, 0.3) is 0 Å². The normalized spacial score (nSPS) is 22.9. The molecule has 1 N–H and O–H groups in total. The molecular formula is C15H20N2S. The summed E-state index contributed by atoms with van der Waals surface area (Å²) >= 11 is 1.94. The number of aliphatic imine (C=N–C) groups is 1. The molecule has 0 amide bonds. The van der Waals surface area contributed by atoms with Crippen molar-refractivity contribution in [3.8, 4) is 0 Å². The molecule has 18 heavy (non-hydrogen) atoms. The van der Waals surface area contributed by atoms with E-state index < -0.39 is 0 Å². The van der Waals surface area contributed by atoms with Gasteiger partial charge in [0.15, 0.2) is 5.17 Å². The molecule has 0 spiro atoms. The first kappa shape index (κ1) is 12.1. The van der Waals surface area contributed by atoms with Gasteiger partial charge in [0.2, 0.25) is 0 Å². The van der Waals surface area contributed by atoms with Gasteiger partial charge in [-0.1, -0.05) is 43.3 Å². The average molecular weight is 260 g/mol. The number of hydrogen-bond acceptors (Lipinski definition) is 3. The van der Waals surface area contributed by atoms with Gasteiger partial charge in [-0.05, 0) is 36.8 Å². The predicted molar refractivity (Wildman–Crippen MR) is 80.5 cm³/mol. The standard InChI is InChI=1S/C15H20N2S/c1-2-5-11-6-3-4-7-13(11)17-15-16-10-14(18-15)12-8-9-12/h3-4,6-7,12,14H,2,5,8-10H2,1H3,(H,16,17). The number of aryl methyl sites for hydroxylation is 1. The molecule has 1 aromatic carbocycles. The first-order valence-corrected chi connectivity index (χ1v) is 7.81. The van der Waals surface area contributed by atoms with Gasteiger partial charge < -0.3 is 5.32 Å². The number of nitrogens with zero attached hydrogens (tertiary/aromatic N) is 1. The van der Waals surface area contributed by atoms with Crippen LogP contribution in [0, 0.1) is 5.92 Å². The molecule has 0 saturated heterocycles. The minimum atomic E-state index is 0.742. The first-order valence-electron chi connectivity index (χ1n) is 6.93. The lowest BCUT2D eigenvalue weighted by molar-refractivity contribution is 0.773. The van der Waals surface area contributed by atoms with Gasteiger partial charge in [-0.25, -0.2) is 0 Å². The zero-order chi connectivity index (χ0) is 12.4. The molecule has 2 aliphatic rings. The Hall–Kier alpha value is -0.960. The second-order valence-corrected chi connectivity index (χ2v) is 6.40. The van der Waals surface area contributed by atoms with Crippen LogP contribution >= 0.6 is 11.8 Å². The van der Waals surface area contributed by atoms with Gasteiger partial charge in [-0.3, -0.25) is 4.99 Å². The molecule has 1 aromatic rings. The van der Waals surface area contributed by atoms with E-state index in [0.29, 0.717) is 0 Å². The monoisotopic (exact) mass is 260 g/mol. The fourth-order valence-corrected chi connectivity index (χ4v) is 3.64. The van der Waals surface area contributed by atoms with Crippen molar-refractivity contribution in [3.05, 3.63) is 29.8 Å². The summed E-state index contributed by atoms with van der Waals surface area (Å²) in [6.45, 7) is 3.23. The zero-order valence-corrected chi connectivity index (χ0v) is 11.7. The summed E-state index contributed by atoms with van der Waals surface area (Å²) in [5, 5.41) is 5.38. The molecule has 1 fully saturated rings. The van der Waals surface area contributed by atoms with E-state index in [9.17, 15) is 0 Å². The van der Waals surface area contributed by atoms with E-state index in [1.54, 1.807) is 0 Å². The highest BCUT2D eigenvalue weighted by atomic mass is 32.2. The number of amidine groups is 1. The molecule has 3 heteroatoms.